The minimum absolute atomic E-state index is 0.248. The fourth-order valence-electron chi connectivity index (χ4n) is 4.04. The summed E-state index contributed by atoms with van der Waals surface area (Å²) in [5.74, 6) is 1.65. The van der Waals surface area contributed by atoms with Crippen LogP contribution in [0.1, 0.15) is 21.5 Å². The van der Waals surface area contributed by atoms with E-state index in [9.17, 15) is 9.90 Å². The number of hydrogen-bond acceptors (Lipinski definition) is 7. The van der Waals surface area contributed by atoms with Crippen LogP contribution in [0, 0.1) is 0 Å². The predicted molar refractivity (Wildman–Crippen MR) is 129 cm³/mol. The van der Waals surface area contributed by atoms with Crippen LogP contribution in [0.3, 0.4) is 0 Å². The topological polar surface area (TPSA) is 84.4 Å². The van der Waals surface area contributed by atoms with E-state index in [0.717, 1.165) is 38.3 Å². The van der Waals surface area contributed by atoms with Crippen molar-refractivity contribution in [2.45, 2.75) is 13.2 Å². The lowest BCUT2D eigenvalue weighted by molar-refractivity contribution is 0.0697. The number of carboxylic acids is 1. The number of hydrogen-bond donors (Lipinski definition) is 1. The van der Waals surface area contributed by atoms with Crippen molar-refractivity contribution >= 4 is 11.8 Å². The lowest BCUT2D eigenvalue weighted by Gasteiger charge is -2.35. The van der Waals surface area contributed by atoms with Crippen molar-refractivity contribution in [3.05, 3.63) is 77.5 Å². The molecule has 0 radical (unpaired) electrons. The number of ether oxygens (including phenoxy) is 3. The van der Waals surface area contributed by atoms with Gasteiger partial charge >= 0.3 is 5.97 Å². The van der Waals surface area contributed by atoms with Gasteiger partial charge in [-0.15, -0.1) is 0 Å². The van der Waals surface area contributed by atoms with Crippen molar-refractivity contribution < 1.29 is 24.1 Å². The maximum atomic E-state index is 11.5. The molecule has 1 aliphatic rings. The number of aromatic carboxylic acids is 1. The number of anilines is 1. The predicted octanol–water partition coefficient (Wildman–Crippen LogP) is 3.70. The molecule has 178 valence electrons. The number of piperazine rings is 1. The van der Waals surface area contributed by atoms with Gasteiger partial charge < -0.3 is 24.2 Å². The molecule has 0 spiro atoms. The Hall–Kier alpha value is -3.78. The molecule has 8 nitrogen and oxygen atoms in total. The maximum absolute atomic E-state index is 11.5. The summed E-state index contributed by atoms with van der Waals surface area (Å²) in [6.45, 7) is 4.40. The first-order valence-corrected chi connectivity index (χ1v) is 11.1. The van der Waals surface area contributed by atoms with Crippen LogP contribution < -0.4 is 19.1 Å². The zero-order valence-corrected chi connectivity index (χ0v) is 19.4. The van der Waals surface area contributed by atoms with Crippen LogP contribution >= 0.6 is 0 Å². The van der Waals surface area contributed by atoms with Gasteiger partial charge in [-0.05, 0) is 23.3 Å². The van der Waals surface area contributed by atoms with E-state index >= 15 is 0 Å². The Labute approximate surface area is 199 Å². The lowest BCUT2D eigenvalue weighted by atomic mass is 10.1. The summed E-state index contributed by atoms with van der Waals surface area (Å²) < 4.78 is 16.6. The quantitative estimate of drug-likeness (QED) is 0.514. The first kappa shape index (κ1) is 23.4. The minimum Gasteiger partial charge on any atom is -0.496 e. The first-order valence-electron chi connectivity index (χ1n) is 11.1. The normalized spacial score (nSPS) is 14.0. The molecule has 0 atom stereocenters. The van der Waals surface area contributed by atoms with Crippen LogP contribution in [-0.2, 0) is 13.2 Å². The molecule has 1 aromatic heterocycles. The lowest BCUT2D eigenvalue weighted by Crippen LogP contribution is -2.46. The second-order valence-electron chi connectivity index (χ2n) is 8.10. The van der Waals surface area contributed by atoms with Crippen LogP contribution in [0.15, 0.2) is 60.8 Å². The summed E-state index contributed by atoms with van der Waals surface area (Å²) in [5.41, 5.74) is 2.54. The SMILES string of the molecule is COc1cc(OC)cc(OCc2cccc(CN3CCN(c4ncccc4C(=O)O)CC3)c2)c1. The highest BCUT2D eigenvalue weighted by Crippen LogP contribution is 2.28. The van der Waals surface area contributed by atoms with Gasteiger partial charge in [0.25, 0.3) is 0 Å². The van der Waals surface area contributed by atoms with Crippen molar-refractivity contribution in [3.63, 3.8) is 0 Å². The first-order chi connectivity index (χ1) is 16.6. The standard InChI is InChI=1S/C26H29N3O5/c1-32-21-14-22(33-2)16-23(15-21)34-18-20-6-3-5-19(13-20)17-28-9-11-29(12-10-28)25-24(26(30)31)7-4-8-27-25/h3-8,13-16H,9-12,17-18H2,1-2H3,(H,30,31). The van der Waals surface area contributed by atoms with Crippen molar-refractivity contribution in [2.75, 3.05) is 45.3 Å². The molecule has 2 heterocycles. The number of methoxy groups -OCH3 is 2. The largest absolute Gasteiger partial charge is 0.496 e. The number of benzene rings is 2. The van der Waals surface area contributed by atoms with Crippen LogP contribution in [0.2, 0.25) is 0 Å². The van der Waals surface area contributed by atoms with E-state index in [1.807, 2.05) is 35.2 Å². The van der Waals surface area contributed by atoms with Crippen molar-refractivity contribution in [1.82, 2.24) is 9.88 Å². The molecule has 1 fully saturated rings. The zero-order valence-electron chi connectivity index (χ0n) is 19.4. The molecule has 1 aliphatic heterocycles. The molecule has 1 saturated heterocycles. The Morgan fingerprint density at radius 2 is 1.59 bits per heavy atom. The third kappa shape index (κ3) is 5.77. The summed E-state index contributed by atoms with van der Waals surface area (Å²) in [5, 5.41) is 9.44. The van der Waals surface area contributed by atoms with Crippen LogP contribution in [0.5, 0.6) is 17.2 Å². The Kier molecular flexibility index (Phi) is 7.49. The van der Waals surface area contributed by atoms with E-state index in [-0.39, 0.29) is 5.56 Å². The number of nitrogens with zero attached hydrogens (tertiary/aromatic N) is 3. The molecule has 34 heavy (non-hydrogen) atoms. The molecule has 0 saturated carbocycles. The molecule has 0 amide bonds. The summed E-state index contributed by atoms with van der Waals surface area (Å²) in [6.07, 6.45) is 1.64. The van der Waals surface area contributed by atoms with Gasteiger partial charge in [0.15, 0.2) is 0 Å². The average Bonchev–Trinajstić information content (AvgIpc) is 2.88. The van der Waals surface area contributed by atoms with Crippen molar-refractivity contribution in [3.8, 4) is 17.2 Å². The summed E-state index contributed by atoms with van der Waals surface area (Å²) in [7, 11) is 3.23. The van der Waals surface area contributed by atoms with Gasteiger partial charge in [-0.3, -0.25) is 4.90 Å². The molecule has 0 unspecified atom stereocenters. The number of carboxylic acid groups (broad SMARTS) is 1. The highest BCUT2D eigenvalue weighted by molar-refractivity contribution is 5.93. The van der Waals surface area contributed by atoms with Crippen molar-refractivity contribution in [2.24, 2.45) is 0 Å². The molecular formula is C26H29N3O5. The number of pyridine rings is 1. The Balaban J connectivity index is 1.34. The third-order valence-corrected chi connectivity index (χ3v) is 5.82. The van der Waals surface area contributed by atoms with Crippen LogP contribution in [-0.4, -0.2) is 61.4 Å². The van der Waals surface area contributed by atoms with Gasteiger partial charge in [-0.25, -0.2) is 9.78 Å². The fraction of sp³-hybridized carbons (Fsp3) is 0.308. The van der Waals surface area contributed by atoms with Crippen LogP contribution in [0.4, 0.5) is 5.82 Å². The van der Waals surface area contributed by atoms with Gasteiger partial charge in [0, 0.05) is 57.1 Å². The fourth-order valence-corrected chi connectivity index (χ4v) is 4.04. The number of carbonyl (C=O) groups is 1. The van der Waals surface area contributed by atoms with Gasteiger partial charge in [-0.1, -0.05) is 24.3 Å². The Morgan fingerprint density at radius 3 is 2.26 bits per heavy atom. The summed E-state index contributed by atoms with van der Waals surface area (Å²) in [6, 6.07) is 17.1. The molecule has 4 rings (SSSR count). The molecule has 0 aliphatic carbocycles. The summed E-state index contributed by atoms with van der Waals surface area (Å²) in [4.78, 5) is 20.2. The molecule has 1 N–H and O–H groups in total. The van der Waals surface area contributed by atoms with Gasteiger partial charge in [0.1, 0.15) is 35.2 Å². The van der Waals surface area contributed by atoms with E-state index in [2.05, 4.69) is 22.0 Å². The highest BCUT2D eigenvalue weighted by atomic mass is 16.5. The summed E-state index contributed by atoms with van der Waals surface area (Å²) >= 11 is 0. The van der Waals surface area contributed by atoms with E-state index in [0.29, 0.717) is 29.7 Å². The molecule has 2 aromatic carbocycles. The second kappa shape index (κ2) is 10.9. The smallest absolute Gasteiger partial charge is 0.339 e. The minimum atomic E-state index is -0.947. The van der Waals surface area contributed by atoms with Gasteiger partial charge in [0.05, 0.1) is 14.2 Å². The Morgan fingerprint density at radius 1 is 0.912 bits per heavy atom. The number of rotatable bonds is 9. The Bertz CT molecular complexity index is 1110. The second-order valence-corrected chi connectivity index (χ2v) is 8.10. The molecule has 8 heteroatoms. The van der Waals surface area contributed by atoms with Gasteiger partial charge in [-0.2, -0.15) is 0 Å². The highest BCUT2D eigenvalue weighted by Gasteiger charge is 2.22. The zero-order chi connectivity index (χ0) is 23.9. The molecule has 3 aromatic rings. The number of aromatic nitrogens is 1. The van der Waals surface area contributed by atoms with E-state index in [4.69, 9.17) is 14.2 Å². The van der Waals surface area contributed by atoms with E-state index in [1.54, 1.807) is 32.5 Å². The van der Waals surface area contributed by atoms with Crippen molar-refractivity contribution in [1.29, 1.82) is 0 Å². The van der Waals surface area contributed by atoms with Gasteiger partial charge in [0.2, 0.25) is 0 Å². The monoisotopic (exact) mass is 463 g/mol. The third-order valence-electron chi connectivity index (χ3n) is 5.82. The average molecular weight is 464 g/mol. The van der Waals surface area contributed by atoms with E-state index in [1.165, 1.54) is 5.56 Å². The molecular weight excluding hydrogens is 434 g/mol. The maximum Gasteiger partial charge on any atom is 0.339 e. The van der Waals surface area contributed by atoms with E-state index < -0.39 is 5.97 Å². The van der Waals surface area contributed by atoms with Crippen LogP contribution in [0.25, 0.3) is 0 Å². The molecule has 0 bridgehead atoms.